The molecular formula is C10H14FNS. The number of benzene rings is 1. The molecule has 0 spiro atoms. The van der Waals surface area contributed by atoms with Crippen molar-refractivity contribution in [1.29, 1.82) is 0 Å². The lowest BCUT2D eigenvalue weighted by atomic mass is 10.3. The second-order valence-corrected chi connectivity index (χ2v) is 3.77. The van der Waals surface area contributed by atoms with Gasteiger partial charge in [0.05, 0.1) is 0 Å². The Hall–Kier alpha value is -0.700. The third kappa shape index (κ3) is 4.18. The van der Waals surface area contributed by atoms with Crippen molar-refractivity contribution in [2.24, 2.45) is 0 Å². The maximum atomic E-state index is 12.5. The van der Waals surface area contributed by atoms with Gasteiger partial charge in [0.15, 0.2) is 0 Å². The lowest BCUT2D eigenvalue weighted by Crippen LogP contribution is -2.02. The third-order valence-corrected chi connectivity index (χ3v) is 2.40. The molecule has 1 nitrogen and oxygen atoms in total. The Morgan fingerprint density at radius 3 is 2.62 bits per heavy atom. The van der Waals surface area contributed by atoms with Gasteiger partial charge in [-0.15, -0.1) is 0 Å². The van der Waals surface area contributed by atoms with Gasteiger partial charge in [-0.1, -0.05) is 0 Å². The molecule has 0 aromatic heterocycles. The molecular weight excluding hydrogens is 185 g/mol. The SMILES string of the molecule is CSCCCNc1ccc(F)cc1. The van der Waals surface area contributed by atoms with Crippen molar-refractivity contribution in [3.05, 3.63) is 30.1 Å². The first kappa shape index (κ1) is 10.4. The summed E-state index contributed by atoms with van der Waals surface area (Å²) in [4.78, 5) is 0. The zero-order valence-electron chi connectivity index (χ0n) is 7.72. The van der Waals surface area contributed by atoms with Gasteiger partial charge in [-0.25, -0.2) is 4.39 Å². The Morgan fingerprint density at radius 1 is 1.31 bits per heavy atom. The number of rotatable bonds is 5. The van der Waals surface area contributed by atoms with Crippen LogP contribution in [0, 0.1) is 5.82 Å². The summed E-state index contributed by atoms with van der Waals surface area (Å²) in [5, 5.41) is 3.23. The summed E-state index contributed by atoms with van der Waals surface area (Å²) < 4.78 is 12.5. The largest absolute Gasteiger partial charge is 0.385 e. The van der Waals surface area contributed by atoms with E-state index in [2.05, 4.69) is 11.6 Å². The van der Waals surface area contributed by atoms with Crippen LogP contribution in [0.4, 0.5) is 10.1 Å². The number of nitrogens with one attached hydrogen (secondary N) is 1. The summed E-state index contributed by atoms with van der Waals surface area (Å²) in [6.07, 6.45) is 3.23. The molecule has 1 aromatic carbocycles. The van der Waals surface area contributed by atoms with Gasteiger partial charge in [-0.05, 0) is 42.7 Å². The molecule has 0 saturated carbocycles. The second-order valence-electron chi connectivity index (χ2n) is 2.78. The minimum Gasteiger partial charge on any atom is -0.385 e. The van der Waals surface area contributed by atoms with Crippen LogP contribution in [0.3, 0.4) is 0 Å². The Labute approximate surface area is 82.7 Å². The van der Waals surface area contributed by atoms with E-state index >= 15 is 0 Å². The van der Waals surface area contributed by atoms with E-state index in [1.54, 1.807) is 12.1 Å². The molecule has 0 amide bonds. The molecule has 0 saturated heterocycles. The van der Waals surface area contributed by atoms with Crippen LogP contribution in [-0.2, 0) is 0 Å². The molecule has 72 valence electrons. The van der Waals surface area contributed by atoms with Crippen molar-refractivity contribution in [2.75, 3.05) is 23.9 Å². The van der Waals surface area contributed by atoms with Crippen LogP contribution < -0.4 is 5.32 Å². The highest BCUT2D eigenvalue weighted by atomic mass is 32.2. The maximum absolute atomic E-state index is 12.5. The van der Waals surface area contributed by atoms with E-state index in [0.717, 1.165) is 24.4 Å². The molecule has 0 bridgehead atoms. The molecule has 0 heterocycles. The van der Waals surface area contributed by atoms with Gasteiger partial charge in [-0.3, -0.25) is 0 Å². The average Bonchev–Trinajstić information content (AvgIpc) is 2.15. The lowest BCUT2D eigenvalue weighted by molar-refractivity contribution is 0.628. The number of hydrogen-bond donors (Lipinski definition) is 1. The summed E-state index contributed by atoms with van der Waals surface area (Å²) in [5.41, 5.74) is 0.988. The third-order valence-electron chi connectivity index (χ3n) is 1.70. The first-order valence-corrected chi connectivity index (χ1v) is 5.70. The Balaban J connectivity index is 2.25. The zero-order valence-corrected chi connectivity index (χ0v) is 8.53. The molecule has 13 heavy (non-hydrogen) atoms. The van der Waals surface area contributed by atoms with E-state index in [4.69, 9.17) is 0 Å². The lowest BCUT2D eigenvalue weighted by Gasteiger charge is -2.04. The Morgan fingerprint density at radius 2 is 2.00 bits per heavy atom. The fourth-order valence-corrected chi connectivity index (χ4v) is 1.45. The smallest absolute Gasteiger partial charge is 0.123 e. The molecule has 3 heteroatoms. The van der Waals surface area contributed by atoms with Crippen molar-refractivity contribution >= 4 is 17.4 Å². The van der Waals surface area contributed by atoms with E-state index in [-0.39, 0.29) is 5.82 Å². The van der Waals surface area contributed by atoms with Crippen LogP contribution in [-0.4, -0.2) is 18.6 Å². The van der Waals surface area contributed by atoms with Gasteiger partial charge < -0.3 is 5.32 Å². The highest BCUT2D eigenvalue weighted by molar-refractivity contribution is 7.98. The first-order chi connectivity index (χ1) is 6.33. The minimum absolute atomic E-state index is 0.185. The molecule has 1 N–H and O–H groups in total. The van der Waals surface area contributed by atoms with Crippen LogP contribution in [0.25, 0.3) is 0 Å². The van der Waals surface area contributed by atoms with Gasteiger partial charge >= 0.3 is 0 Å². The monoisotopic (exact) mass is 199 g/mol. The number of hydrogen-bond acceptors (Lipinski definition) is 2. The highest BCUT2D eigenvalue weighted by Crippen LogP contribution is 2.08. The second kappa shape index (κ2) is 5.86. The Bertz CT molecular complexity index is 235. The zero-order chi connectivity index (χ0) is 9.52. The van der Waals surface area contributed by atoms with Crippen LogP contribution in [0.1, 0.15) is 6.42 Å². The molecule has 0 unspecified atom stereocenters. The number of anilines is 1. The van der Waals surface area contributed by atoms with Gasteiger partial charge in [-0.2, -0.15) is 11.8 Å². The standard InChI is InChI=1S/C10H14FNS/c1-13-8-2-7-12-10-5-3-9(11)4-6-10/h3-6,12H,2,7-8H2,1H3. The van der Waals surface area contributed by atoms with E-state index in [1.165, 1.54) is 12.1 Å². The minimum atomic E-state index is -0.185. The summed E-state index contributed by atoms with van der Waals surface area (Å²) in [7, 11) is 0. The molecule has 1 rings (SSSR count). The van der Waals surface area contributed by atoms with Crippen LogP contribution in [0.15, 0.2) is 24.3 Å². The topological polar surface area (TPSA) is 12.0 Å². The van der Waals surface area contributed by atoms with E-state index in [0.29, 0.717) is 0 Å². The number of halogens is 1. The highest BCUT2D eigenvalue weighted by Gasteiger charge is 1.91. The van der Waals surface area contributed by atoms with Crippen molar-refractivity contribution in [3.8, 4) is 0 Å². The molecule has 0 aliphatic carbocycles. The van der Waals surface area contributed by atoms with Gasteiger partial charge in [0.1, 0.15) is 5.82 Å². The van der Waals surface area contributed by atoms with Crippen molar-refractivity contribution in [2.45, 2.75) is 6.42 Å². The molecule has 0 fully saturated rings. The first-order valence-electron chi connectivity index (χ1n) is 4.31. The van der Waals surface area contributed by atoms with E-state index < -0.39 is 0 Å². The summed E-state index contributed by atoms with van der Waals surface area (Å²) in [6, 6.07) is 6.46. The fourth-order valence-electron chi connectivity index (χ4n) is 1.02. The van der Waals surface area contributed by atoms with Gasteiger partial charge in [0.2, 0.25) is 0 Å². The molecule has 0 aliphatic heterocycles. The Kier molecular flexibility index (Phi) is 4.68. The molecule has 0 aliphatic rings. The summed E-state index contributed by atoms with van der Waals surface area (Å²) >= 11 is 1.84. The van der Waals surface area contributed by atoms with Crippen molar-refractivity contribution in [3.63, 3.8) is 0 Å². The van der Waals surface area contributed by atoms with Crippen molar-refractivity contribution < 1.29 is 4.39 Å². The average molecular weight is 199 g/mol. The van der Waals surface area contributed by atoms with Crippen LogP contribution >= 0.6 is 11.8 Å². The number of thioether (sulfide) groups is 1. The summed E-state index contributed by atoms with van der Waals surface area (Å²) in [5.74, 6) is 0.975. The quantitative estimate of drug-likeness (QED) is 0.732. The van der Waals surface area contributed by atoms with E-state index in [1.807, 2.05) is 11.8 Å². The normalized spacial score (nSPS) is 10.0. The maximum Gasteiger partial charge on any atom is 0.123 e. The van der Waals surface area contributed by atoms with Gasteiger partial charge in [0.25, 0.3) is 0 Å². The molecule has 0 radical (unpaired) electrons. The predicted molar refractivity (Wildman–Crippen MR) is 57.9 cm³/mol. The van der Waals surface area contributed by atoms with Crippen LogP contribution in [0.2, 0.25) is 0 Å². The fraction of sp³-hybridized carbons (Fsp3) is 0.400. The van der Waals surface area contributed by atoms with Gasteiger partial charge in [0, 0.05) is 12.2 Å². The van der Waals surface area contributed by atoms with Crippen molar-refractivity contribution in [1.82, 2.24) is 0 Å². The molecule has 0 atom stereocenters. The van der Waals surface area contributed by atoms with E-state index in [9.17, 15) is 4.39 Å². The van der Waals surface area contributed by atoms with Crippen LogP contribution in [0.5, 0.6) is 0 Å². The summed E-state index contributed by atoms with van der Waals surface area (Å²) in [6.45, 7) is 0.951. The predicted octanol–water partition coefficient (Wildman–Crippen LogP) is 2.99. The molecule has 1 aromatic rings.